The van der Waals surface area contributed by atoms with E-state index >= 15 is 0 Å². The Labute approximate surface area is 260 Å². The van der Waals surface area contributed by atoms with Crippen LogP contribution in [0.3, 0.4) is 0 Å². The van der Waals surface area contributed by atoms with Crippen LogP contribution in [0.1, 0.15) is 78.2 Å². The largest absolute Gasteiger partial charge is 0.510 e. The van der Waals surface area contributed by atoms with Crippen LogP contribution in [-0.4, -0.2) is 56.1 Å². The van der Waals surface area contributed by atoms with Crippen molar-refractivity contribution in [2.75, 3.05) is 26.9 Å². The lowest BCUT2D eigenvalue weighted by molar-refractivity contribution is -0.144. The summed E-state index contributed by atoms with van der Waals surface area (Å²) in [6.45, 7) is 7.66. The molecule has 0 aromatic carbocycles. The normalized spacial score (nSPS) is 32.9. The number of rotatable bonds is 11. The minimum atomic E-state index is -3.65. The van der Waals surface area contributed by atoms with Crippen molar-refractivity contribution in [3.63, 3.8) is 0 Å². The molecule has 44 heavy (non-hydrogen) atoms. The molecule has 10 nitrogen and oxygen atoms in total. The third-order valence-electron chi connectivity index (χ3n) is 10.6. The van der Waals surface area contributed by atoms with E-state index < -0.39 is 32.5 Å². The van der Waals surface area contributed by atoms with Crippen LogP contribution in [0.4, 0.5) is 4.79 Å². The van der Waals surface area contributed by atoms with Gasteiger partial charge in [0, 0.05) is 25.9 Å². The number of methoxy groups -OCH3 is 1. The highest BCUT2D eigenvalue weighted by Crippen LogP contribution is 2.66. The fourth-order valence-corrected chi connectivity index (χ4v) is 9.97. The summed E-state index contributed by atoms with van der Waals surface area (Å²) in [4.78, 5) is 28.9. The van der Waals surface area contributed by atoms with Gasteiger partial charge in [0.15, 0.2) is 0 Å². The number of nitrogens with one attached hydrogen (secondary N) is 1. The van der Waals surface area contributed by atoms with Crippen molar-refractivity contribution in [3.8, 4) is 0 Å². The first-order valence-electron chi connectivity index (χ1n) is 15.8. The maximum atomic E-state index is 13.1. The molecule has 0 radical (unpaired) electrons. The second kappa shape index (κ2) is 13.5. The van der Waals surface area contributed by atoms with Crippen LogP contribution < -0.4 is 5.09 Å². The van der Waals surface area contributed by atoms with Crippen molar-refractivity contribution < 1.29 is 37.6 Å². The number of fused-ring (bicyclic) bond motifs is 5. The lowest BCUT2D eigenvalue weighted by Gasteiger charge is -2.57. The number of hydrogen-bond donors (Lipinski definition) is 1. The Morgan fingerprint density at radius 1 is 1.11 bits per heavy atom. The van der Waals surface area contributed by atoms with Crippen LogP contribution in [0, 0.1) is 28.6 Å². The van der Waals surface area contributed by atoms with Gasteiger partial charge in [-0.05, 0) is 98.2 Å². The molecule has 0 saturated heterocycles. The molecule has 11 heteroatoms. The van der Waals surface area contributed by atoms with Crippen LogP contribution in [0.25, 0.3) is 5.57 Å². The minimum Gasteiger partial charge on any atom is -0.465 e. The van der Waals surface area contributed by atoms with Crippen molar-refractivity contribution in [1.29, 1.82) is 0 Å². The van der Waals surface area contributed by atoms with Gasteiger partial charge in [0.1, 0.15) is 18.5 Å². The lowest BCUT2D eigenvalue weighted by Crippen LogP contribution is -2.50. The van der Waals surface area contributed by atoms with E-state index in [9.17, 15) is 14.2 Å². The molecule has 0 aliphatic heterocycles. The summed E-state index contributed by atoms with van der Waals surface area (Å²) in [5.41, 5.74) is 4.40. The van der Waals surface area contributed by atoms with E-state index in [1.165, 1.54) is 43.6 Å². The standard InChI is InChI=1S/C33H47N2O8P/c1-6-40-30(36)22(2)35-44(38,21-39-5)42-20-41-31(37)43-25-13-15-32(3)24(18-25)9-10-26-28-12-11-27(23-8-7-17-34-19-23)33(28,4)16-14-29(26)32/h7-9,11,17,19,22,25-26,28-29H,6,10,12-16,18,20-21H2,1-5H3,(H,35,38)/t22-,25-,26-,28-,29-,32-,33+,44?/m0/s1. The zero-order valence-electron chi connectivity index (χ0n) is 26.6. The summed E-state index contributed by atoms with van der Waals surface area (Å²) in [6.07, 6.45) is 14.2. The van der Waals surface area contributed by atoms with Gasteiger partial charge in [0.25, 0.3) is 7.52 Å². The number of esters is 1. The molecule has 242 valence electrons. The van der Waals surface area contributed by atoms with Gasteiger partial charge in [-0.1, -0.05) is 37.6 Å². The smallest absolute Gasteiger partial charge is 0.465 e. The minimum absolute atomic E-state index is 0.0995. The first-order chi connectivity index (χ1) is 21.0. The Bertz CT molecular complexity index is 1320. The molecule has 0 bridgehead atoms. The molecule has 4 aliphatic carbocycles. The van der Waals surface area contributed by atoms with Gasteiger partial charge in [0.2, 0.25) is 6.79 Å². The van der Waals surface area contributed by atoms with Crippen molar-refractivity contribution in [3.05, 3.63) is 47.8 Å². The molecule has 2 fully saturated rings. The zero-order valence-corrected chi connectivity index (χ0v) is 27.5. The summed E-state index contributed by atoms with van der Waals surface area (Å²) in [5.74, 6) is 1.30. The third-order valence-corrected chi connectivity index (χ3v) is 12.5. The van der Waals surface area contributed by atoms with E-state index in [0.29, 0.717) is 24.2 Å². The number of hydrogen-bond acceptors (Lipinski definition) is 9. The monoisotopic (exact) mass is 630 g/mol. The van der Waals surface area contributed by atoms with E-state index in [-0.39, 0.29) is 29.9 Å². The highest BCUT2D eigenvalue weighted by Gasteiger charge is 2.57. The van der Waals surface area contributed by atoms with Crippen molar-refractivity contribution in [2.45, 2.75) is 84.8 Å². The van der Waals surface area contributed by atoms with Crippen LogP contribution in [-0.2, 0) is 32.8 Å². The average Bonchev–Trinajstić information content (AvgIpc) is 3.35. The third kappa shape index (κ3) is 6.55. The van der Waals surface area contributed by atoms with Gasteiger partial charge in [-0.25, -0.2) is 9.88 Å². The van der Waals surface area contributed by atoms with Crippen molar-refractivity contribution in [1.82, 2.24) is 10.1 Å². The predicted octanol–water partition coefficient (Wildman–Crippen LogP) is 6.87. The van der Waals surface area contributed by atoms with Crippen LogP contribution >= 0.6 is 7.52 Å². The molecule has 2 saturated carbocycles. The molecule has 1 heterocycles. The van der Waals surface area contributed by atoms with Gasteiger partial charge in [-0.3, -0.25) is 18.9 Å². The Morgan fingerprint density at radius 3 is 2.64 bits per heavy atom. The summed E-state index contributed by atoms with van der Waals surface area (Å²) in [6, 6.07) is 3.33. The number of aromatic nitrogens is 1. The first-order valence-corrected chi connectivity index (χ1v) is 17.6. The molecular formula is C33H47N2O8P. The lowest BCUT2D eigenvalue weighted by atomic mass is 9.47. The number of carbonyl (C=O) groups is 2. The fourth-order valence-electron chi connectivity index (χ4n) is 8.49. The van der Waals surface area contributed by atoms with E-state index in [0.717, 1.165) is 25.7 Å². The highest BCUT2D eigenvalue weighted by atomic mass is 31.2. The topological polar surface area (TPSA) is 122 Å². The molecule has 0 amide bonds. The van der Waals surface area contributed by atoms with Crippen LogP contribution in [0.5, 0.6) is 0 Å². The van der Waals surface area contributed by atoms with Gasteiger partial charge >= 0.3 is 12.1 Å². The number of allylic oxidation sites excluding steroid dienone is 3. The predicted molar refractivity (Wildman–Crippen MR) is 165 cm³/mol. The Kier molecular flexibility index (Phi) is 10.0. The molecule has 8 atom stereocenters. The summed E-state index contributed by atoms with van der Waals surface area (Å²) >= 11 is 0. The fraction of sp³-hybridized carbons (Fsp3) is 0.667. The van der Waals surface area contributed by atoms with Crippen LogP contribution in [0.2, 0.25) is 0 Å². The van der Waals surface area contributed by atoms with Crippen LogP contribution in [0.15, 0.2) is 42.3 Å². The Balaban J connectivity index is 1.15. The number of carbonyl (C=O) groups excluding carboxylic acids is 2. The molecule has 4 aliphatic rings. The zero-order chi connectivity index (χ0) is 31.5. The molecule has 0 spiro atoms. The summed E-state index contributed by atoms with van der Waals surface area (Å²) in [7, 11) is -2.29. The first kappa shape index (κ1) is 32.9. The quantitative estimate of drug-likeness (QED) is 0.120. The second-order valence-corrected chi connectivity index (χ2v) is 15.3. The van der Waals surface area contributed by atoms with E-state index in [2.05, 4.69) is 42.1 Å². The van der Waals surface area contributed by atoms with E-state index in [4.69, 9.17) is 23.5 Å². The van der Waals surface area contributed by atoms with Gasteiger partial charge in [-0.2, -0.15) is 0 Å². The molecule has 1 unspecified atom stereocenters. The molecule has 1 N–H and O–H groups in total. The molecular weight excluding hydrogens is 583 g/mol. The Morgan fingerprint density at radius 2 is 1.91 bits per heavy atom. The second-order valence-electron chi connectivity index (χ2n) is 13.1. The number of ether oxygens (including phenoxy) is 4. The molecule has 5 rings (SSSR count). The summed E-state index contributed by atoms with van der Waals surface area (Å²) in [5, 5.41) is 2.61. The van der Waals surface area contributed by atoms with Gasteiger partial charge in [0.05, 0.1) is 6.61 Å². The SMILES string of the molecule is CCOC(=O)[C@H](C)NP(=O)(COC)OCOC(=O)O[C@H]1CC[C@@]2(C)C(=CC[C@@H]3[C@@H]2CC[C@]2(C)C(c4cccnc4)=CC[C@@H]32)C1. The molecule has 1 aromatic heterocycles. The van der Waals surface area contributed by atoms with Gasteiger partial charge in [-0.15, -0.1) is 0 Å². The number of nitrogens with zero attached hydrogens (tertiary/aromatic N) is 1. The van der Waals surface area contributed by atoms with Gasteiger partial charge < -0.3 is 18.9 Å². The Hall–Kier alpha value is -2.52. The van der Waals surface area contributed by atoms with E-state index in [1.54, 1.807) is 6.92 Å². The molecule has 1 aromatic rings. The maximum absolute atomic E-state index is 13.1. The van der Waals surface area contributed by atoms with Crippen molar-refractivity contribution >= 4 is 25.2 Å². The van der Waals surface area contributed by atoms with Crippen molar-refractivity contribution in [2.24, 2.45) is 28.6 Å². The maximum Gasteiger partial charge on any atom is 0.510 e. The highest BCUT2D eigenvalue weighted by molar-refractivity contribution is 7.56. The van der Waals surface area contributed by atoms with E-state index in [1.807, 2.05) is 18.5 Å². The number of pyridine rings is 1. The average molecular weight is 631 g/mol. The summed E-state index contributed by atoms with van der Waals surface area (Å²) < 4.78 is 39.2.